The van der Waals surface area contributed by atoms with Crippen LogP contribution in [0.1, 0.15) is 11.5 Å². The third-order valence-electron chi connectivity index (χ3n) is 2.36. The molecular weight excluding hydrogens is 218 g/mol. The average molecular weight is 231 g/mol. The molecule has 5 heteroatoms. The number of methoxy groups -OCH3 is 1. The normalized spacial score (nSPS) is 10.5. The van der Waals surface area contributed by atoms with Crippen LogP contribution >= 0.6 is 0 Å². The molecular formula is C12H13N3O2. The molecule has 0 saturated carbocycles. The van der Waals surface area contributed by atoms with Crippen LogP contribution in [0.3, 0.4) is 0 Å². The maximum atomic E-state index is 5.03. The maximum Gasteiger partial charge on any atom is 0.252 e. The molecule has 17 heavy (non-hydrogen) atoms. The van der Waals surface area contributed by atoms with Crippen molar-refractivity contribution in [2.24, 2.45) is 4.99 Å². The SMILES string of the molecule is C=Nc1ccc(-c2noc(COC)n2)cc1C. The zero-order valence-corrected chi connectivity index (χ0v) is 9.80. The molecule has 0 spiro atoms. The summed E-state index contributed by atoms with van der Waals surface area (Å²) >= 11 is 0. The average Bonchev–Trinajstić information content (AvgIpc) is 2.78. The Kier molecular flexibility index (Phi) is 3.30. The summed E-state index contributed by atoms with van der Waals surface area (Å²) in [6, 6.07) is 5.72. The van der Waals surface area contributed by atoms with E-state index in [2.05, 4.69) is 21.9 Å². The zero-order chi connectivity index (χ0) is 12.3. The number of aromatic nitrogens is 2. The van der Waals surface area contributed by atoms with Gasteiger partial charge in [-0.05, 0) is 37.4 Å². The van der Waals surface area contributed by atoms with Gasteiger partial charge < -0.3 is 9.26 Å². The van der Waals surface area contributed by atoms with Crippen molar-refractivity contribution in [2.45, 2.75) is 13.5 Å². The van der Waals surface area contributed by atoms with Crippen molar-refractivity contribution in [2.75, 3.05) is 7.11 Å². The first kappa shape index (κ1) is 11.5. The Bertz CT molecular complexity index is 534. The van der Waals surface area contributed by atoms with Gasteiger partial charge in [-0.1, -0.05) is 5.16 Å². The van der Waals surface area contributed by atoms with Gasteiger partial charge in [0.2, 0.25) is 5.82 Å². The van der Waals surface area contributed by atoms with E-state index >= 15 is 0 Å². The fourth-order valence-electron chi connectivity index (χ4n) is 1.53. The van der Waals surface area contributed by atoms with Crippen molar-refractivity contribution in [1.29, 1.82) is 0 Å². The van der Waals surface area contributed by atoms with Gasteiger partial charge >= 0.3 is 0 Å². The lowest BCUT2D eigenvalue weighted by Crippen LogP contribution is -1.87. The number of rotatable bonds is 4. The third-order valence-corrected chi connectivity index (χ3v) is 2.36. The Labute approximate surface area is 99.1 Å². The number of nitrogens with zero attached hydrogens (tertiary/aromatic N) is 3. The van der Waals surface area contributed by atoms with Gasteiger partial charge in [-0.25, -0.2) is 0 Å². The van der Waals surface area contributed by atoms with Crippen molar-refractivity contribution >= 4 is 12.4 Å². The van der Waals surface area contributed by atoms with Crippen molar-refractivity contribution in [3.63, 3.8) is 0 Å². The van der Waals surface area contributed by atoms with Crippen molar-refractivity contribution in [3.05, 3.63) is 29.7 Å². The summed E-state index contributed by atoms with van der Waals surface area (Å²) in [5.41, 5.74) is 2.77. The highest BCUT2D eigenvalue weighted by Crippen LogP contribution is 2.24. The predicted molar refractivity (Wildman–Crippen MR) is 64.4 cm³/mol. The van der Waals surface area contributed by atoms with Crippen molar-refractivity contribution < 1.29 is 9.26 Å². The molecule has 0 fully saturated rings. The van der Waals surface area contributed by atoms with E-state index in [4.69, 9.17) is 9.26 Å². The minimum Gasteiger partial charge on any atom is -0.375 e. The van der Waals surface area contributed by atoms with Crippen LogP contribution in [0, 0.1) is 6.92 Å². The van der Waals surface area contributed by atoms with Crippen molar-refractivity contribution in [1.82, 2.24) is 10.1 Å². The molecule has 0 saturated heterocycles. The van der Waals surface area contributed by atoms with E-state index < -0.39 is 0 Å². The monoisotopic (exact) mass is 231 g/mol. The summed E-state index contributed by atoms with van der Waals surface area (Å²) in [5, 5.41) is 3.89. The molecule has 0 bridgehead atoms. The van der Waals surface area contributed by atoms with Gasteiger partial charge in [-0.2, -0.15) is 4.98 Å². The van der Waals surface area contributed by atoms with Gasteiger partial charge in [0.1, 0.15) is 6.61 Å². The van der Waals surface area contributed by atoms with E-state index in [1.807, 2.05) is 25.1 Å². The van der Waals surface area contributed by atoms with E-state index in [1.54, 1.807) is 7.11 Å². The molecule has 0 N–H and O–H groups in total. The molecule has 88 valence electrons. The summed E-state index contributed by atoms with van der Waals surface area (Å²) in [4.78, 5) is 8.12. The zero-order valence-electron chi connectivity index (χ0n) is 9.80. The Morgan fingerprint density at radius 3 is 2.94 bits per heavy atom. The van der Waals surface area contributed by atoms with E-state index in [9.17, 15) is 0 Å². The van der Waals surface area contributed by atoms with Gasteiger partial charge in [-0.15, -0.1) is 0 Å². The maximum absolute atomic E-state index is 5.03. The molecule has 0 unspecified atom stereocenters. The van der Waals surface area contributed by atoms with Crippen LogP contribution in [-0.2, 0) is 11.3 Å². The van der Waals surface area contributed by atoms with Gasteiger partial charge in [0.25, 0.3) is 5.89 Å². The van der Waals surface area contributed by atoms with Gasteiger partial charge in [0.15, 0.2) is 0 Å². The van der Waals surface area contributed by atoms with Crippen LogP contribution in [0.4, 0.5) is 5.69 Å². The van der Waals surface area contributed by atoms with E-state index in [1.165, 1.54) is 0 Å². The molecule has 5 nitrogen and oxygen atoms in total. The lowest BCUT2D eigenvalue weighted by molar-refractivity contribution is 0.151. The second-order valence-electron chi connectivity index (χ2n) is 3.60. The van der Waals surface area contributed by atoms with E-state index in [0.29, 0.717) is 18.3 Å². The highest BCUT2D eigenvalue weighted by Gasteiger charge is 2.09. The number of aliphatic imine (C=N–C) groups is 1. The first-order valence-electron chi connectivity index (χ1n) is 5.14. The molecule has 0 aliphatic rings. The number of hydrogen-bond donors (Lipinski definition) is 0. The first-order valence-corrected chi connectivity index (χ1v) is 5.14. The molecule has 2 rings (SSSR count). The number of hydrogen-bond acceptors (Lipinski definition) is 5. The summed E-state index contributed by atoms with van der Waals surface area (Å²) in [7, 11) is 1.58. The summed E-state index contributed by atoms with van der Waals surface area (Å²) in [5.74, 6) is 1.02. The van der Waals surface area contributed by atoms with Crippen LogP contribution in [0.2, 0.25) is 0 Å². The molecule has 0 radical (unpaired) electrons. The van der Waals surface area contributed by atoms with Crippen LogP contribution < -0.4 is 0 Å². The van der Waals surface area contributed by atoms with Crippen LogP contribution in [-0.4, -0.2) is 24.0 Å². The fourth-order valence-corrected chi connectivity index (χ4v) is 1.53. The second kappa shape index (κ2) is 4.88. The van der Waals surface area contributed by atoms with Gasteiger partial charge in [0.05, 0.1) is 5.69 Å². The van der Waals surface area contributed by atoms with Gasteiger partial charge in [-0.3, -0.25) is 4.99 Å². The summed E-state index contributed by atoms with van der Waals surface area (Å²) in [6.45, 7) is 5.79. The standard InChI is InChI=1S/C12H13N3O2/c1-8-6-9(4-5-10(8)13-2)12-14-11(7-16-3)17-15-12/h4-6H,2,7H2,1,3H3. The molecule has 1 aromatic heterocycles. The molecule has 2 aromatic rings. The van der Waals surface area contributed by atoms with Crippen molar-refractivity contribution in [3.8, 4) is 11.4 Å². The quantitative estimate of drug-likeness (QED) is 0.758. The summed E-state index contributed by atoms with van der Waals surface area (Å²) in [6.07, 6.45) is 0. The molecule has 0 aliphatic heterocycles. The first-order chi connectivity index (χ1) is 8.24. The number of benzene rings is 1. The fraction of sp³-hybridized carbons (Fsp3) is 0.250. The molecule has 0 amide bonds. The van der Waals surface area contributed by atoms with E-state index in [-0.39, 0.29) is 0 Å². The van der Waals surface area contributed by atoms with Crippen LogP contribution in [0.15, 0.2) is 27.7 Å². The van der Waals surface area contributed by atoms with Gasteiger partial charge in [0, 0.05) is 12.7 Å². The Hall–Kier alpha value is -2.01. The minimum absolute atomic E-state index is 0.318. The Morgan fingerprint density at radius 2 is 2.29 bits per heavy atom. The number of ether oxygens (including phenoxy) is 1. The smallest absolute Gasteiger partial charge is 0.252 e. The van der Waals surface area contributed by atoms with Crippen LogP contribution in [0.5, 0.6) is 0 Å². The lowest BCUT2D eigenvalue weighted by Gasteiger charge is -2.00. The second-order valence-corrected chi connectivity index (χ2v) is 3.60. The molecule has 1 heterocycles. The van der Waals surface area contributed by atoms with E-state index in [0.717, 1.165) is 16.8 Å². The Balaban J connectivity index is 2.32. The number of aryl methyl sites for hydroxylation is 1. The minimum atomic E-state index is 0.318. The topological polar surface area (TPSA) is 60.5 Å². The Morgan fingerprint density at radius 1 is 1.47 bits per heavy atom. The molecule has 0 atom stereocenters. The third kappa shape index (κ3) is 2.39. The molecule has 1 aromatic carbocycles. The predicted octanol–water partition coefficient (Wildman–Crippen LogP) is 2.52. The largest absolute Gasteiger partial charge is 0.375 e. The highest BCUT2D eigenvalue weighted by atomic mass is 16.5. The lowest BCUT2D eigenvalue weighted by atomic mass is 10.1. The summed E-state index contributed by atoms with van der Waals surface area (Å²) < 4.78 is 9.95. The van der Waals surface area contributed by atoms with Crippen LogP contribution in [0.25, 0.3) is 11.4 Å². The molecule has 0 aliphatic carbocycles. The highest BCUT2D eigenvalue weighted by molar-refractivity contribution is 5.62.